The van der Waals surface area contributed by atoms with Gasteiger partial charge in [-0.15, -0.1) is 0 Å². The molecule has 0 spiro atoms. The molecule has 0 bridgehead atoms. The summed E-state index contributed by atoms with van der Waals surface area (Å²) in [6, 6.07) is 25.8. The molecule has 1 aliphatic heterocycles. The third kappa shape index (κ3) is 2.36. The number of para-hydroxylation sites is 2. The Bertz CT molecular complexity index is 755. The molecule has 0 radical (unpaired) electrons. The number of hydrogen-bond acceptors (Lipinski definition) is 2. The molecule has 2 heteroatoms. The highest BCUT2D eigenvalue weighted by molar-refractivity contribution is 5.87. The summed E-state index contributed by atoms with van der Waals surface area (Å²) in [5.74, 6) is 0. The van der Waals surface area contributed by atoms with Gasteiger partial charge in [0.1, 0.15) is 6.67 Å². The summed E-state index contributed by atoms with van der Waals surface area (Å²) in [5.41, 5.74) is 7.69. The highest BCUT2D eigenvalue weighted by Crippen LogP contribution is 2.45. The number of fused-ring (bicyclic) bond motifs is 1. The third-order valence-corrected chi connectivity index (χ3v) is 4.59. The van der Waals surface area contributed by atoms with Gasteiger partial charge in [0.2, 0.25) is 0 Å². The molecule has 23 heavy (non-hydrogen) atoms. The van der Waals surface area contributed by atoms with E-state index in [1.165, 1.54) is 33.9 Å². The molecule has 1 heterocycles. The number of nitrogens with zero attached hydrogens (tertiary/aromatic N) is 2. The predicted molar refractivity (Wildman–Crippen MR) is 97.9 cm³/mol. The van der Waals surface area contributed by atoms with Crippen molar-refractivity contribution in [1.29, 1.82) is 0 Å². The van der Waals surface area contributed by atoms with E-state index < -0.39 is 0 Å². The monoisotopic (exact) mass is 300 g/mol. The van der Waals surface area contributed by atoms with E-state index in [0.29, 0.717) is 0 Å². The zero-order chi connectivity index (χ0) is 15.8. The number of aryl methyl sites for hydroxylation is 2. The van der Waals surface area contributed by atoms with Crippen molar-refractivity contribution < 1.29 is 0 Å². The number of benzene rings is 3. The third-order valence-electron chi connectivity index (χ3n) is 4.59. The van der Waals surface area contributed by atoms with Gasteiger partial charge < -0.3 is 9.80 Å². The van der Waals surface area contributed by atoms with E-state index in [0.717, 1.165) is 6.67 Å². The molecule has 0 saturated carbocycles. The lowest BCUT2D eigenvalue weighted by atomic mass is 10.1. The van der Waals surface area contributed by atoms with Crippen LogP contribution < -0.4 is 9.80 Å². The molecule has 3 aromatic rings. The van der Waals surface area contributed by atoms with E-state index in [9.17, 15) is 0 Å². The second-order valence-corrected chi connectivity index (χ2v) is 6.09. The molecule has 114 valence electrons. The Balaban J connectivity index is 1.86. The Morgan fingerprint density at radius 1 is 0.609 bits per heavy atom. The van der Waals surface area contributed by atoms with Gasteiger partial charge in [-0.1, -0.05) is 36.4 Å². The quantitative estimate of drug-likeness (QED) is 0.612. The van der Waals surface area contributed by atoms with E-state index >= 15 is 0 Å². The number of hydrogen-bond donors (Lipinski definition) is 0. The van der Waals surface area contributed by atoms with Crippen molar-refractivity contribution in [3.63, 3.8) is 0 Å². The van der Waals surface area contributed by atoms with Crippen molar-refractivity contribution in [3.8, 4) is 0 Å². The Kier molecular flexibility index (Phi) is 3.30. The van der Waals surface area contributed by atoms with Crippen LogP contribution in [0.4, 0.5) is 22.7 Å². The summed E-state index contributed by atoms with van der Waals surface area (Å²) >= 11 is 0. The van der Waals surface area contributed by atoms with Crippen molar-refractivity contribution >= 4 is 22.7 Å². The van der Waals surface area contributed by atoms with Crippen LogP contribution in [0.2, 0.25) is 0 Å². The van der Waals surface area contributed by atoms with Gasteiger partial charge in [0.15, 0.2) is 0 Å². The first-order valence-electron chi connectivity index (χ1n) is 8.00. The van der Waals surface area contributed by atoms with Gasteiger partial charge in [0.25, 0.3) is 0 Å². The average molecular weight is 300 g/mol. The van der Waals surface area contributed by atoms with Crippen LogP contribution in [0, 0.1) is 13.8 Å². The minimum Gasteiger partial charge on any atom is -0.321 e. The second kappa shape index (κ2) is 5.47. The fraction of sp³-hybridized carbons (Fsp3) is 0.143. The maximum absolute atomic E-state index is 2.38. The van der Waals surface area contributed by atoms with Crippen LogP contribution in [0.3, 0.4) is 0 Å². The molecule has 3 aromatic carbocycles. The molecule has 2 nitrogen and oxygen atoms in total. The summed E-state index contributed by atoms with van der Waals surface area (Å²) in [6.45, 7) is 5.21. The molecule has 1 aliphatic rings. The highest BCUT2D eigenvalue weighted by atomic mass is 15.4. The van der Waals surface area contributed by atoms with Crippen LogP contribution >= 0.6 is 0 Å². The molecule has 4 rings (SSSR count). The maximum Gasteiger partial charge on any atom is 0.100 e. The van der Waals surface area contributed by atoms with Crippen LogP contribution in [-0.2, 0) is 0 Å². The second-order valence-electron chi connectivity index (χ2n) is 6.09. The van der Waals surface area contributed by atoms with Gasteiger partial charge in [-0.2, -0.15) is 0 Å². The van der Waals surface area contributed by atoms with Gasteiger partial charge in [-0.3, -0.25) is 0 Å². The molecule has 0 saturated heterocycles. The van der Waals surface area contributed by atoms with E-state index in [1.54, 1.807) is 0 Å². The van der Waals surface area contributed by atoms with E-state index in [4.69, 9.17) is 0 Å². The summed E-state index contributed by atoms with van der Waals surface area (Å²) < 4.78 is 0. The molecule has 0 fully saturated rings. The van der Waals surface area contributed by atoms with Gasteiger partial charge in [0, 0.05) is 11.4 Å². The lowest BCUT2D eigenvalue weighted by Gasteiger charge is -2.22. The smallest absolute Gasteiger partial charge is 0.100 e. The summed E-state index contributed by atoms with van der Waals surface area (Å²) in [6.07, 6.45) is 0. The Morgan fingerprint density at radius 3 is 1.39 bits per heavy atom. The van der Waals surface area contributed by atoms with Crippen LogP contribution in [0.15, 0.2) is 72.8 Å². The predicted octanol–water partition coefficient (Wildman–Crippen LogP) is 5.55. The van der Waals surface area contributed by atoms with E-state index in [1.807, 2.05) is 0 Å². The minimum atomic E-state index is 0.840. The van der Waals surface area contributed by atoms with Gasteiger partial charge >= 0.3 is 0 Å². The molecule has 0 aliphatic carbocycles. The Morgan fingerprint density at radius 2 is 1.00 bits per heavy atom. The molecular formula is C21H20N2. The van der Waals surface area contributed by atoms with Gasteiger partial charge in [0.05, 0.1) is 11.4 Å². The molecular weight excluding hydrogens is 280 g/mol. The lowest BCUT2D eigenvalue weighted by molar-refractivity contribution is 0.991. The molecule has 0 amide bonds. The van der Waals surface area contributed by atoms with Crippen molar-refractivity contribution in [2.75, 3.05) is 16.5 Å². The molecule has 0 N–H and O–H groups in total. The van der Waals surface area contributed by atoms with Crippen molar-refractivity contribution in [3.05, 3.63) is 83.9 Å². The lowest BCUT2D eigenvalue weighted by Crippen LogP contribution is -2.23. The normalized spacial score (nSPS) is 13.3. The highest BCUT2D eigenvalue weighted by Gasteiger charge is 2.28. The van der Waals surface area contributed by atoms with Crippen LogP contribution in [0.1, 0.15) is 11.1 Å². The first kappa shape index (κ1) is 13.9. The van der Waals surface area contributed by atoms with Gasteiger partial charge in [-0.05, 0) is 61.4 Å². The average Bonchev–Trinajstić information content (AvgIpc) is 2.95. The first-order chi connectivity index (χ1) is 11.2. The first-order valence-corrected chi connectivity index (χ1v) is 8.00. The van der Waals surface area contributed by atoms with Crippen molar-refractivity contribution in [2.24, 2.45) is 0 Å². The zero-order valence-electron chi connectivity index (χ0n) is 13.5. The standard InChI is InChI=1S/C21H20N2/c1-16-13-20-21(14-17(16)2)23(19-11-7-4-8-12-19)15-22(20)18-9-5-3-6-10-18/h3-14H,15H2,1-2H3. The van der Waals surface area contributed by atoms with Gasteiger partial charge in [-0.25, -0.2) is 0 Å². The van der Waals surface area contributed by atoms with Crippen LogP contribution in [-0.4, -0.2) is 6.67 Å². The largest absolute Gasteiger partial charge is 0.321 e. The summed E-state index contributed by atoms with van der Waals surface area (Å²) in [5, 5.41) is 0. The van der Waals surface area contributed by atoms with E-state index in [-0.39, 0.29) is 0 Å². The number of rotatable bonds is 2. The van der Waals surface area contributed by atoms with E-state index in [2.05, 4.69) is 96.4 Å². The van der Waals surface area contributed by atoms with Crippen LogP contribution in [0.25, 0.3) is 0 Å². The molecule has 0 unspecified atom stereocenters. The Hall–Kier alpha value is -2.74. The topological polar surface area (TPSA) is 6.48 Å². The van der Waals surface area contributed by atoms with Crippen LogP contribution in [0.5, 0.6) is 0 Å². The van der Waals surface area contributed by atoms with Crippen molar-refractivity contribution in [1.82, 2.24) is 0 Å². The maximum atomic E-state index is 2.38. The molecule has 0 atom stereocenters. The number of anilines is 4. The SMILES string of the molecule is Cc1cc2c(cc1C)N(c1ccccc1)CN2c1ccccc1. The summed E-state index contributed by atoms with van der Waals surface area (Å²) in [7, 11) is 0. The Labute approximate surface area is 137 Å². The summed E-state index contributed by atoms with van der Waals surface area (Å²) in [4.78, 5) is 4.77. The fourth-order valence-corrected chi connectivity index (χ4v) is 3.17. The minimum absolute atomic E-state index is 0.840. The van der Waals surface area contributed by atoms with Crippen molar-refractivity contribution in [2.45, 2.75) is 13.8 Å². The molecule has 0 aromatic heterocycles. The zero-order valence-corrected chi connectivity index (χ0v) is 13.5. The fourth-order valence-electron chi connectivity index (χ4n) is 3.17.